The van der Waals surface area contributed by atoms with Gasteiger partial charge in [-0.15, -0.1) is 0 Å². The van der Waals surface area contributed by atoms with E-state index in [-0.39, 0.29) is 5.75 Å². The van der Waals surface area contributed by atoms with E-state index in [4.69, 9.17) is 10.5 Å². The fourth-order valence-corrected chi connectivity index (χ4v) is 1.76. The van der Waals surface area contributed by atoms with Gasteiger partial charge in [0, 0.05) is 0 Å². The second-order valence-electron chi connectivity index (χ2n) is 2.98. The Kier molecular flexibility index (Phi) is 4.22. The average molecular weight is 260 g/mol. The Labute approximate surface area is 92.0 Å². The van der Waals surface area contributed by atoms with E-state index in [1.165, 1.54) is 7.11 Å². The van der Waals surface area contributed by atoms with Gasteiger partial charge in [0.2, 0.25) is 0 Å². The zero-order valence-electron chi connectivity index (χ0n) is 8.09. The third kappa shape index (κ3) is 2.39. The molecular weight excluding hydrogens is 246 g/mol. The van der Waals surface area contributed by atoms with Crippen molar-refractivity contribution in [2.24, 2.45) is 5.73 Å². The molecule has 0 atom stereocenters. The molecule has 1 aromatic carbocycles. The maximum atomic E-state index is 9.67. The highest BCUT2D eigenvalue weighted by atomic mass is 79.9. The molecule has 78 valence electrons. The second-order valence-corrected chi connectivity index (χ2v) is 3.77. The van der Waals surface area contributed by atoms with Gasteiger partial charge in [-0.2, -0.15) is 0 Å². The van der Waals surface area contributed by atoms with Crippen LogP contribution in [0.25, 0.3) is 0 Å². The van der Waals surface area contributed by atoms with Crippen LogP contribution < -0.4 is 10.5 Å². The SMILES string of the molecule is COc1ccc(CCCN)c(Br)c1O. The first-order chi connectivity index (χ1) is 6.70. The molecule has 0 aliphatic rings. The summed E-state index contributed by atoms with van der Waals surface area (Å²) in [5.74, 6) is 0.635. The molecule has 0 saturated heterocycles. The lowest BCUT2D eigenvalue weighted by atomic mass is 10.1. The van der Waals surface area contributed by atoms with Crippen LogP contribution in [0.5, 0.6) is 11.5 Å². The summed E-state index contributed by atoms with van der Waals surface area (Å²) in [5.41, 5.74) is 6.47. The zero-order valence-corrected chi connectivity index (χ0v) is 9.67. The van der Waals surface area contributed by atoms with E-state index < -0.39 is 0 Å². The summed E-state index contributed by atoms with van der Waals surface area (Å²) < 4.78 is 5.68. The van der Waals surface area contributed by atoms with Crippen LogP contribution in [0.1, 0.15) is 12.0 Å². The number of hydrogen-bond donors (Lipinski definition) is 2. The van der Waals surface area contributed by atoms with Crippen molar-refractivity contribution in [3.63, 3.8) is 0 Å². The molecule has 3 N–H and O–H groups in total. The smallest absolute Gasteiger partial charge is 0.172 e. The van der Waals surface area contributed by atoms with E-state index >= 15 is 0 Å². The van der Waals surface area contributed by atoms with Crippen molar-refractivity contribution >= 4 is 15.9 Å². The molecule has 1 aromatic rings. The molecule has 0 aromatic heterocycles. The van der Waals surface area contributed by atoms with Crippen molar-refractivity contribution in [1.82, 2.24) is 0 Å². The lowest BCUT2D eigenvalue weighted by molar-refractivity contribution is 0.371. The van der Waals surface area contributed by atoms with Crippen LogP contribution in [-0.4, -0.2) is 18.8 Å². The molecule has 0 fully saturated rings. The number of methoxy groups -OCH3 is 1. The van der Waals surface area contributed by atoms with Crippen LogP contribution in [0.3, 0.4) is 0 Å². The van der Waals surface area contributed by atoms with Crippen LogP contribution >= 0.6 is 15.9 Å². The second kappa shape index (κ2) is 5.22. The molecule has 0 unspecified atom stereocenters. The predicted octanol–water partition coefficient (Wildman–Crippen LogP) is 2.05. The predicted molar refractivity (Wildman–Crippen MR) is 59.7 cm³/mol. The largest absolute Gasteiger partial charge is 0.503 e. The van der Waals surface area contributed by atoms with Crippen LogP contribution in [0.15, 0.2) is 16.6 Å². The lowest BCUT2D eigenvalue weighted by Crippen LogP contribution is -2.01. The van der Waals surface area contributed by atoms with Crippen molar-refractivity contribution in [1.29, 1.82) is 0 Å². The molecule has 0 saturated carbocycles. The van der Waals surface area contributed by atoms with E-state index in [0.29, 0.717) is 16.8 Å². The van der Waals surface area contributed by atoms with E-state index in [9.17, 15) is 5.11 Å². The van der Waals surface area contributed by atoms with Gasteiger partial charge >= 0.3 is 0 Å². The Morgan fingerprint density at radius 1 is 1.50 bits per heavy atom. The van der Waals surface area contributed by atoms with E-state index in [0.717, 1.165) is 18.4 Å². The number of aromatic hydroxyl groups is 1. The number of aryl methyl sites for hydroxylation is 1. The van der Waals surface area contributed by atoms with Crippen LogP contribution in [0.4, 0.5) is 0 Å². The van der Waals surface area contributed by atoms with Gasteiger partial charge in [0.05, 0.1) is 11.6 Å². The van der Waals surface area contributed by atoms with Crippen molar-refractivity contribution < 1.29 is 9.84 Å². The van der Waals surface area contributed by atoms with Gasteiger partial charge in [-0.05, 0) is 46.9 Å². The van der Waals surface area contributed by atoms with Gasteiger partial charge < -0.3 is 15.6 Å². The number of rotatable bonds is 4. The molecule has 0 aliphatic heterocycles. The summed E-state index contributed by atoms with van der Waals surface area (Å²) in [7, 11) is 1.53. The van der Waals surface area contributed by atoms with Gasteiger partial charge in [-0.1, -0.05) is 6.07 Å². The maximum Gasteiger partial charge on any atom is 0.172 e. The number of phenols is 1. The van der Waals surface area contributed by atoms with Crippen molar-refractivity contribution in [3.8, 4) is 11.5 Å². The van der Waals surface area contributed by atoms with E-state index in [1.807, 2.05) is 6.07 Å². The third-order valence-electron chi connectivity index (χ3n) is 2.03. The highest BCUT2D eigenvalue weighted by molar-refractivity contribution is 9.10. The molecule has 0 aliphatic carbocycles. The molecule has 4 heteroatoms. The lowest BCUT2D eigenvalue weighted by Gasteiger charge is -2.09. The number of halogens is 1. The number of ether oxygens (including phenoxy) is 1. The van der Waals surface area contributed by atoms with E-state index in [2.05, 4.69) is 15.9 Å². The minimum atomic E-state index is 0.155. The van der Waals surface area contributed by atoms with Crippen LogP contribution in [-0.2, 0) is 6.42 Å². The molecule has 0 radical (unpaired) electrons. The van der Waals surface area contributed by atoms with Gasteiger partial charge in [-0.3, -0.25) is 0 Å². The van der Waals surface area contributed by atoms with E-state index in [1.54, 1.807) is 6.07 Å². The summed E-state index contributed by atoms with van der Waals surface area (Å²) in [6, 6.07) is 3.68. The fourth-order valence-electron chi connectivity index (χ4n) is 1.24. The summed E-state index contributed by atoms with van der Waals surface area (Å²) in [4.78, 5) is 0. The summed E-state index contributed by atoms with van der Waals surface area (Å²) in [6.45, 7) is 0.652. The standard InChI is InChI=1S/C10H14BrNO2/c1-14-8-5-4-7(3-2-6-12)9(11)10(8)13/h4-5,13H,2-3,6,12H2,1H3. The zero-order chi connectivity index (χ0) is 10.6. The Bertz CT molecular complexity index is 315. The van der Waals surface area contributed by atoms with Crippen molar-refractivity contribution in [2.45, 2.75) is 12.8 Å². The third-order valence-corrected chi connectivity index (χ3v) is 2.91. The van der Waals surface area contributed by atoms with Crippen molar-refractivity contribution in [2.75, 3.05) is 13.7 Å². The monoisotopic (exact) mass is 259 g/mol. The van der Waals surface area contributed by atoms with Crippen LogP contribution in [0, 0.1) is 0 Å². The Balaban J connectivity index is 2.92. The maximum absolute atomic E-state index is 9.67. The Hall–Kier alpha value is -0.740. The fraction of sp³-hybridized carbons (Fsp3) is 0.400. The minimum absolute atomic E-state index is 0.155. The highest BCUT2D eigenvalue weighted by Crippen LogP contribution is 2.36. The Morgan fingerprint density at radius 3 is 2.79 bits per heavy atom. The number of nitrogens with two attached hydrogens (primary N) is 1. The molecular formula is C10H14BrNO2. The molecule has 0 spiro atoms. The first-order valence-corrected chi connectivity index (χ1v) is 5.24. The van der Waals surface area contributed by atoms with Gasteiger partial charge in [-0.25, -0.2) is 0 Å². The minimum Gasteiger partial charge on any atom is -0.503 e. The molecule has 0 heterocycles. The molecule has 1 rings (SSSR count). The average Bonchev–Trinajstić information content (AvgIpc) is 2.20. The number of hydrogen-bond acceptors (Lipinski definition) is 3. The van der Waals surface area contributed by atoms with Gasteiger partial charge in [0.1, 0.15) is 0 Å². The van der Waals surface area contributed by atoms with Gasteiger partial charge in [0.25, 0.3) is 0 Å². The summed E-state index contributed by atoms with van der Waals surface area (Å²) in [6.07, 6.45) is 1.76. The highest BCUT2D eigenvalue weighted by Gasteiger charge is 2.09. The summed E-state index contributed by atoms with van der Waals surface area (Å²) >= 11 is 3.33. The number of benzene rings is 1. The number of phenolic OH excluding ortho intramolecular Hbond substituents is 1. The van der Waals surface area contributed by atoms with Crippen LogP contribution in [0.2, 0.25) is 0 Å². The molecule has 14 heavy (non-hydrogen) atoms. The quantitative estimate of drug-likeness (QED) is 0.871. The topological polar surface area (TPSA) is 55.5 Å². The Morgan fingerprint density at radius 2 is 2.21 bits per heavy atom. The summed E-state index contributed by atoms with van der Waals surface area (Å²) in [5, 5.41) is 9.67. The first-order valence-electron chi connectivity index (χ1n) is 4.45. The van der Waals surface area contributed by atoms with Gasteiger partial charge in [0.15, 0.2) is 11.5 Å². The molecule has 3 nitrogen and oxygen atoms in total. The normalized spacial score (nSPS) is 10.2. The van der Waals surface area contributed by atoms with Crippen molar-refractivity contribution in [3.05, 3.63) is 22.2 Å². The molecule has 0 amide bonds. The first kappa shape index (κ1) is 11.3. The molecule has 0 bridgehead atoms.